The third-order valence-electron chi connectivity index (χ3n) is 5.49. The molecule has 180 valence electrons. The monoisotopic (exact) mass is 486 g/mol. The summed E-state index contributed by atoms with van der Waals surface area (Å²) in [6.45, 7) is 3.81. The number of hydrogen-bond acceptors (Lipinski definition) is 6. The van der Waals surface area contributed by atoms with E-state index in [4.69, 9.17) is 21.1 Å². The van der Waals surface area contributed by atoms with E-state index in [0.29, 0.717) is 34.1 Å². The van der Waals surface area contributed by atoms with Crippen LogP contribution in [0.15, 0.2) is 42.5 Å². The van der Waals surface area contributed by atoms with Gasteiger partial charge in [-0.25, -0.2) is 4.79 Å². The molecule has 1 fully saturated rings. The smallest absolute Gasteiger partial charge is 0.338 e. The summed E-state index contributed by atoms with van der Waals surface area (Å²) >= 11 is 6.04. The first-order valence-corrected chi connectivity index (χ1v) is 11.5. The number of nitrogens with one attached hydrogen (secondary N) is 1. The maximum Gasteiger partial charge on any atom is 0.338 e. The zero-order valence-electron chi connectivity index (χ0n) is 19.1. The average molecular weight is 487 g/mol. The van der Waals surface area contributed by atoms with Crippen molar-refractivity contribution >= 4 is 46.7 Å². The summed E-state index contributed by atoms with van der Waals surface area (Å²) in [6.07, 6.45) is 1.71. The molecule has 0 unspecified atom stereocenters. The fraction of sp³-hybridized carbons (Fsp3) is 0.360. The highest BCUT2D eigenvalue weighted by atomic mass is 35.5. The van der Waals surface area contributed by atoms with E-state index >= 15 is 0 Å². The number of benzene rings is 2. The lowest BCUT2D eigenvalue weighted by Crippen LogP contribution is -2.28. The molecule has 0 bridgehead atoms. The number of anilines is 2. The van der Waals surface area contributed by atoms with Gasteiger partial charge in [-0.1, -0.05) is 31.0 Å². The van der Waals surface area contributed by atoms with Gasteiger partial charge in [0.2, 0.25) is 5.91 Å². The van der Waals surface area contributed by atoms with E-state index in [1.165, 1.54) is 4.90 Å². The summed E-state index contributed by atoms with van der Waals surface area (Å²) in [7, 11) is 0. The van der Waals surface area contributed by atoms with Crippen LogP contribution in [0.4, 0.5) is 11.4 Å². The molecule has 0 spiro atoms. The quantitative estimate of drug-likeness (QED) is 0.422. The minimum atomic E-state index is -0.688. The van der Waals surface area contributed by atoms with Crippen molar-refractivity contribution in [2.75, 3.05) is 30.0 Å². The molecular weight excluding hydrogens is 460 g/mol. The summed E-state index contributed by atoms with van der Waals surface area (Å²) in [5.74, 6) is -2.46. The van der Waals surface area contributed by atoms with Crippen LogP contribution in [0.25, 0.3) is 0 Å². The largest absolute Gasteiger partial charge is 0.462 e. The van der Waals surface area contributed by atoms with Crippen LogP contribution >= 0.6 is 11.6 Å². The maximum atomic E-state index is 12.5. The first kappa shape index (κ1) is 25.2. The van der Waals surface area contributed by atoms with Crippen molar-refractivity contribution in [2.24, 2.45) is 5.92 Å². The Morgan fingerprint density at radius 3 is 2.56 bits per heavy atom. The Hall–Kier alpha value is -3.39. The Kier molecular flexibility index (Phi) is 8.65. The summed E-state index contributed by atoms with van der Waals surface area (Å²) in [5, 5.41) is 3.17. The number of esters is 2. The van der Waals surface area contributed by atoms with Gasteiger partial charge in [0, 0.05) is 29.4 Å². The highest BCUT2D eigenvalue weighted by Crippen LogP contribution is 2.27. The van der Waals surface area contributed by atoms with Crippen molar-refractivity contribution in [3.8, 4) is 0 Å². The number of ether oxygens (including phenoxy) is 2. The van der Waals surface area contributed by atoms with Crippen molar-refractivity contribution in [1.82, 2.24) is 0 Å². The lowest BCUT2D eigenvalue weighted by atomic mass is 10.1. The predicted octanol–water partition coefficient (Wildman–Crippen LogP) is 4.14. The molecule has 1 saturated heterocycles. The van der Waals surface area contributed by atoms with Gasteiger partial charge in [0.25, 0.3) is 5.91 Å². The van der Waals surface area contributed by atoms with Crippen molar-refractivity contribution in [1.29, 1.82) is 0 Å². The van der Waals surface area contributed by atoms with E-state index < -0.39 is 30.4 Å². The molecule has 1 atom stereocenters. The van der Waals surface area contributed by atoms with Crippen molar-refractivity contribution in [3.63, 3.8) is 0 Å². The highest BCUT2D eigenvalue weighted by molar-refractivity contribution is 6.31. The number of halogens is 1. The zero-order chi connectivity index (χ0) is 24.7. The van der Waals surface area contributed by atoms with Crippen LogP contribution in [0.3, 0.4) is 0 Å². The molecule has 2 aromatic carbocycles. The lowest BCUT2D eigenvalue weighted by molar-refractivity contribution is -0.151. The minimum Gasteiger partial charge on any atom is -0.462 e. The average Bonchev–Trinajstić information content (AvgIpc) is 3.22. The van der Waals surface area contributed by atoms with Crippen molar-refractivity contribution < 1.29 is 28.7 Å². The van der Waals surface area contributed by atoms with E-state index in [2.05, 4.69) is 5.32 Å². The van der Waals surface area contributed by atoms with Gasteiger partial charge < -0.3 is 19.7 Å². The van der Waals surface area contributed by atoms with Gasteiger partial charge in [-0.05, 0) is 55.3 Å². The molecule has 1 heterocycles. The third kappa shape index (κ3) is 6.35. The maximum absolute atomic E-state index is 12.5. The molecule has 0 aromatic heterocycles. The molecule has 1 N–H and O–H groups in total. The first-order valence-electron chi connectivity index (χ1n) is 11.1. The van der Waals surface area contributed by atoms with Crippen LogP contribution in [0, 0.1) is 12.8 Å². The second kappa shape index (κ2) is 11.7. The second-order valence-electron chi connectivity index (χ2n) is 8.01. The van der Waals surface area contributed by atoms with E-state index in [0.717, 1.165) is 12.8 Å². The fourth-order valence-corrected chi connectivity index (χ4v) is 3.64. The number of unbranched alkanes of at least 4 members (excludes halogenated alkanes) is 1. The number of hydrogen-bond donors (Lipinski definition) is 1. The Morgan fingerprint density at radius 2 is 1.85 bits per heavy atom. The van der Waals surface area contributed by atoms with E-state index in [1.807, 2.05) is 6.92 Å². The standard InChI is InChI=1S/C25H27ClN2O6/c1-3-4-12-33-24(31)17-8-10-19(11-9-17)28-14-18(13-23(28)30)25(32)34-15-22(29)27-21-7-5-6-20(26)16(21)2/h5-11,18H,3-4,12-15H2,1-2H3,(H,27,29)/t18-/m1/s1. The molecule has 34 heavy (non-hydrogen) atoms. The Labute approximate surface area is 203 Å². The van der Waals surface area contributed by atoms with Gasteiger partial charge >= 0.3 is 11.9 Å². The summed E-state index contributed by atoms with van der Waals surface area (Å²) in [5.41, 5.74) is 2.21. The summed E-state index contributed by atoms with van der Waals surface area (Å²) < 4.78 is 10.3. The van der Waals surface area contributed by atoms with Crippen LogP contribution in [-0.4, -0.2) is 43.5 Å². The van der Waals surface area contributed by atoms with Crippen LogP contribution in [-0.2, 0) is 23.9 Å². The third-order valence-corrected chi connectivity index (χ3v) is 5.90. The molecule has 8 nitrogen and oxygen atoms in total. The molecule has 0 aliphatic carbocycles. The molecule has 0 radical (unpaired) electrons. The fourth-order valence-electron chi connectivity index (χ4n) is 3.47. The molecule has 2 aromatic rings. The topological polar surface area (TPSA) is 102 Å². The molecule has 1 aliphatic heterocycles. The van der Waals surface area contributed by atoms with Gasteiger partial charge in [-0.3, -0.25) is 14.4 Å². The molecular formula is C25H27ClN2O6. The van der Waals surface area contributed by atoms with Crippen LogP contribution in [0.1, 0.15) is 42.1 Å². The minimum absolute atomic E-state index is 0.0192. The predicted molar refractivity (Wildman–Crippen MR) is 128 cm³/mol. The SMILES string of the molecule is CCCCOC(=O)c1ccc(N2C[C@H](C(=O)OCC(=O)Nc3cccc(Cl)c3C)CC2=O)cc1. The summed E-state index contributed by atoms with van der Waals surface area (Å²) in [4.78, 5) is 50.6. The van der Waals surface area contributed by atoms with Crippen molar-refractivity contribution in [2.45, 2.75) is 33.1 Å². The molecule has 2 amide bonds. The molecule has 3 rings (SSSR count). The molecule has 9 heteroatoms. The van der Waals surface area contributed by atoms with Gasteiger partial charge in [0.1, 0.15) is 0 Å². The highest BCUT2D eigenvalue weighted by Gasteiger charge is 2.36. The lowest BCUT2D eigenvalue weighted by Gasteiger charge is -2.17. The van der Waals surface area contributed by atoms with E-state index in [1.54, 1.807) is 49.4 Å². The Balaban J connectivity index is 1.51. The first-order chi connectivity index (χ1) is 16.3. The van der Waals surface area contributed by atoms with Crippen LogP contribution in [0.2, 0.25) is 5.02 Å². The molecule has 1 aliphatic rings. The van der Waals surface area contributed by atoms with Crippen LogP contribution in [0.5, 0.6) is 0 Å². The molecule has 0 saturated carbocycles. The summed E-state index contributed by atoms with van der Waals surface area (Å²) in [6, 6.07) is 11.6. The normalized spacial score (nSPS) is 15.2. The second-order valence-corrected chi connectivity index (χ2v) is 8.42. The van der Waals surface area contributed by atoms with E-state index in [9.17, 15) is 19.2 Å². The number of amides is 2. The van der Waals surface area contributed by atoms with Gasteiger partial charge in [-0.2, -0.15) is 0 Å². The van der Waals surface area contributed by atoms with Gasteiger partial charge in [-0.15, -0.1) is 0 Å². The Bertz CT molecular complexity index is 1070. The zero-order valence-corrected chi connectivity index (χ0v) is 19.9. The van der Waals surface area contributed by atoms with Gasteiger partial charge in [0.15, 0.2) is 6.61 Å². The number of nitrogens with zero attached hydrogens (tertiary/aromatic N) is 1. The van der Waals surface area contributed by atoms with Crippen LogP contribution < -0.4 is 10.2 Å². The number of carbonyl (C=O) groups is 4. The van der Waals surface area contributed by atoms with Crippen molar-refractivity contribution in [3.05, 3.63) is 58.6 Å². The number of rotatable bonds is 9. The van der Waals surface area contributed by atoms with Gasteiger partial charge in [0.05, 0.1) is 18.1 Å². The van der Waals surface area contributed by atoms with E-state index in [-0.39, 0.29) is 18.9 Å². The Morgan fingerprint density at radius 1 is 1.12 bits per heavy atom. The number of carbonyl (C=O) groups excluding carboxylic acids is 4.